The zero-order valence-electron chi connectivity index (χ0n) is 16.4. The maximum absolute atomic E-state index is 5.89. The van der Waals surface area contributed by atoms with E-state index in [-0.39, 0.29) is 0 Å². The van der Waals surface area contributed by atoms with Crippen LogP contribution in [-0.2, 0) is 0 Å². The number of hydrogen-bond acceptors (Lipinski definition) is 3. The second-order valence-corrected chi connectivity index (χ2v) is 7.20. The summed E-state index contributed by atoms with van der Waals surface area (Å²) >= 11 is 0. The highest BCUT2D eigenvalue weighted by molar-refractivity contribution is 5.70. The summed E-state index contributed by atoms with van der Waals surface area (Å²) in [5.74, 6) is 0.717. The van der Waals surface area contributed by atoms with Crippen LogP contribution in [0.25, 0.3) is 0 Å². The Bertz CT molecular complexity index is 434. The number of ether oxygens (including phenoxy) is 1. The molecule has 0 saturated heterocycles. The second-order valence-electron chi connectivity index (χ2n) is 7.20. The molecule has 0 aliphatic heterocycles. The van der Waals surface area contributed by atoms with Crippen LogP contribution >= 0.6 is 0 Å². The maximum atomic E-state index is 5.89. The number of benzene rings is 1. The van der Waals surface area contributed by atoms with E-state index in [9.17, 15) is 0 Å². The molecule has 4 N–H and O–H groups in total. The molecule has 0 aromatic heterocycles. The first-order valence-corrected chi connectivity index (χ1v) is 10.5. The van der Waals surface area contributed by atoms with Gasteiger partial charge in [0.2, 0.25) is 0 Å². The van der Waals surface area contributed by atoms with Gasteiger partial charge in [-0.15, -0.1) is 0 Å². The normalized spacial score (nSPS) is 10.9. The molecule has 0 bridgehead atoms. The van der Waals surface area contributed by atoms with Gasteiger partial charge in [-0.25, -0.2) is 0 Å². The third kappa shape index (κ3) is 11.0. The van der Waals surface area contributed by atoms with Crippen molar-refractivity contribution in [3.8, 4) is 5.75 Å². The minimum absolute atomic E-state index is 0.563. The number of rotatable bonds is 16. The summed E-state index contributed by atoms with van der Waals surface area (Å²) in [6, 6.07) is 5.57. The van der Waals surface area contributed by atoms with Gasteiger partial charge in [0.1, 0.15) is 5.75 Å². The Morgan fingerprint density at radius 1 is 0.680 bits per heavy atom. The van der Waals surface area contributed by atoms with Crippen molar-refractivity contribution >= 4 is 11.4 Å². The fraction of sp³-hybridized carbons (Fsp3) is 0.727. The van der Waals surface area contributed by atoms with E-state index in [1.165, 1.54) is 83.5 Å². The summed E-state index contributed by atoms with van der Waals surface area (Å²) < 4.78 is 5.72. The fourth-order valence-corrected chi connectivity index (χ4v) is 3.17. The number of nitrogen functional groups attached to an aromatic ring is 2. The van der Waals surface area contributed by atoms with E-state index >= 15 is 0 Å². The van der Waals surface area contributed by atoms with E-state index in [1.807, 2.05) is 12.1 Å². The standard InChI is InChI=1S/C22H40N2O/c1-2-3-4-5-6-7-8-9-10-11-12-13-14-15-19-25-21-18-16-17-20(23)22(21)24/h16-18H,2-15,19,23-24H2,1H3. The van der Waals surface area contributed by atoms with Gasteiger partial charge in [-0.2, -0.15) is 0 Å². The first-order valence-electron chi connectivity index (χ1n) is 10.5. The highest BCUT2D eigenvalue weighted by Crippen LogP contribution is 2.26. The van der Waals surface area contributed by atoms with Gasteiger partial charge in [-0.1, -0.05) is 96.5 Å². The zero-order chi connectivity index (χ0) is 18.2. The van der Waals surface area contributed by atoms with Crippen LogP contribution in [0.5, 0.6) is 5.75 Å². The van der Waals surface area contributed by atoms with Gasteiger partial charge in [0.25, 0.3) is 0 Å². The molecule has 0 amide bonds. The molecule has 1 aromatic rings. The molecule has 0 unspecified atom stereocenters. The van der Waals surface area contributed by atoms with E-state index in [0.29, 0.717) is 11.4 Å². The molecule has 3 heteroatoms. The fourth-order valence-electron chi connectivity index (χ4n) is 3.17. The summed E-state index contributed by atoms with van der Waals surface area (Å²) in [6.07, 6.45) is 19.2. The molecule has 0 radical (unpaired) electrons. The molecule has 0 saturated carbocycles. The van der Waals surface area contributed by atoms with Crippen molar-refractivity contribution < 1.29 is 4.74 Å². The Labute approximate surface area is 155 Å². The highest BCUT2D eigenvalue weighted by atomic mass is 16.5. The molecule has 0 fully saturated rings. The molecule has 25 heavy (non-hydrogen) atoms. The number of hydrogen-bond donors (Lipinski definition) is 2. The predicted molar refractivity (Wildman–Crippen MR) is 111 cm³/mol. The van der Waals surface area contributed by atoms with Crippen LogP contribution in [0.15, 0.2) is 18.2 Å². The SMILES string of the molecule is CCCCCCCCCCCCCCCCOc1cccc(N)c1N. The molecular formula is C22H40N2O. The Kier molecular flexibility index (Phi) is 12.9. The van der Waals surface area contributed by atoms with Crippen molar-refractivity contribution in [3.63, 3.8) is 0 Å². The van der Waals surface area contributed by atoms with Gasteiger partial charge in [-0.3, -0.25) is 0 Å². The average molecular weight is 349 g/mol. The Morgan fingerprint density at radius 3 is 1.68 bits per heavy atom. The molecule has 3 nitrogen and oxygen atoms in total. The lowest BCUT2D eigenvalue weighted by molar-refractivity contribution is 0.306. The molecule has 0 aliphatic carbocycles. The molecule has 0 atom stereocenters. The molecule has 0 heterocycles. The molecular weight excluding hydrogens is 308 g/mol. The topological polar surface area (TPSA) is 61.3 Å². The van der Waals surface area contributed by atoms with Gasteiger partial charge in [0, 0.05) is 0 Å². The van der Waals surface area contributed by atoms with Crippen LogP contribution in [-0.4, -0.2) is 6.61 Å². The van der Waals surface area contributed by atoms with E-state index < -0.39 is 0 Å². The predicted octanol–water partition coefficient (Wildman–Crippen LogP) is 6.71. The molecule has 1 rings (SSSR count). The number of unbranched alkanes of at least 4 members (excludes halogenated alkanes) is 13. The number of nitrogens with two attached hydrogens (primary N) is 2. The molecule has 0 spiro atoms. The first kappa shape index (κ1) is 21.7. The van der Waals surface area contributed by atoms with Crippen LogP contribution in [0.1, 0.15) is 96.8 Å². The van der Waals surface area contributed by atoms with Crippen LogP contribution in [0.3, 0.4) is 0 Å². The summed E-state index contributed by atoms with van der Waals surface area (Å²) in [4.78, 5) is 0. The van der Waals surface area contributed by atoms with Gasteiger partial charge in [0.15, 0.2) is 0 Å². The monoisotopic (exact) mass is 348 g/mol. The van der Waals surface area contributed by atoms with Crippen LogP contribution in [0.4, 0.5) is 11.4 Å². The molecule has 1 aromatic carbocycles. The van der Waals surface area contributed by atoms with Gasteiger partial charge in [0.05, 0.1) is 18.0 Å². The lowest BCUT2D eigenvalue weighted by Crippen LogP contribution is -2.02. The number of para-hydroxylation sites is 1. The summed E-state index contributed by atoms with van der Waals surface area (Å²) in [5.41, 5.74) is 12.8. The summed E-state index contributed by atoms with van der Waals surface area (Å²) in [5, 5.41) is 0. The van der Waals surface area contributed by atoms with Crippen molar-refractivity contribution in [2.75, 3.05) is 18.1 Å². The minimum atomic E-state index is 0.563. The minimum Gasteiger partial charge on any atom is -0.491 e. The Balaban J connectivity index is 1.82. The van der Waals surface area contributed by atoms with Gasteiger partial charge >= 0.3 is 0 Å². The van der Waals surface area contributed by atoms with Gasteiger partial charge < -0.3 is 16.2 Å². The van der Waals surface area contributed by atoms with E-state index in [4.69, 9.17) is 16.2 Å². The zero-order valence-corrected chi connectivity index (χ0v) is 16.4. The van der Waals surface area contributed by atoms with E-state index in [0.717, 1.165) is 18.8 Å². The van der Waals surface area contributed by atoms with Crippen LogP contribution < -0.4 is 16.2 Å². The van der Waals surface area contributed by atoms with E-state index in [2.05, 4.69) is 6.92 Å². The lowest BCUT2D eigenvalue weighted by atomic mass is 10.0. The quantitative estimate of drug-likeness (QED) is 0.258. The largest absolute Gasteiger partial charge is 0.491 e. The average Bonchev–Trinajstić information content (AvgIpc) is 2.61. The van der Waals surface area contributed by atoms with E-state index in [1.54, 1.807) is 6.07 Å². The maximum Gasteiger partial charge on any atom is 0.144 e. The number of anilines is 2. The lowest BCUT2D eigenvalue weighted by Gasteiger charge is -2.10. The van der Waals surface area contributed by atoms with Crippen LogP contribution in [0.2, 0.25) is 0 Å². The Morgan fingerprint density at radius 2 is 1.16 bits per heavy atom. The van der Waals surface area contributed by atoms with Gasteiger partial charge in [-0.05, 0) is 18.6 Å². The summed E-state index contributed by atoms with van der Waals surface area (Å²) in [7, 11) is 0. The highest BCUT2D eigenvalue weighted by Gasteiger charge is 2.02. The third-order valence-corrected chi connectivity index (χ3v) is 4.86. The summed E-state index contributed by atoms with van der Waals surface area (Å²) in [6.45, 7) is 3.01. The smallest absolute Gasteiger partial charge is 0.144 e. The third-order valence-electron chi connectivity index (χ3n) is 4.86. The van der Waals surface area contributed by atoms with Crippen molar-refractivity contribution in [2.24, 2.45) is 0 Å². The van der Waals surface area contributed by atoms with Crippen LogP contribution in [0, 0.1) is 0 Å². The first-order chi connectivity index (χ1) is 12.3. The Hall–Kier alpha value is -1.38. The van der Waals surface area contributed by atoms with Crippen molar-refractivity contribution in [3.05, 3.63) is 18.2 Å². The molecule has 144 valence electrons. The molecule has 0 aliphatic rings. The van der Waals surface area contributed by atoms with Crippen molar-refractivity contribution in [1.29, 1.82) is 0 Å². The second kappa shape index (κ2) is 14.9. The van der Waals surface area contributed by atoms with Crippen molar-refractivity contribution in [2.45, 2.75) is 96.8 Å². The van der Waals surface area contributed by atoms with Crippen molar-refractivity contribution in [1.82, 2.24) is 0 Å².